The summed E-state index contributed by atoms with van der Waals surface area (Å²) in [7, 11) is 0. The van der Waals surface area contributed by atoms with Gasteiger partial charge in [-0.2, -0.15) is 5.10 Å². The van der Waals surface area contributed by atoms with Gasteiger partial charge in [-0.05, 0) is 31.2 Å². The maximum Gasteiger partial charge on any atom is 0.275 e. The monoisotopic (exact) mass is 367 g/mol. The van der Waals surface area contributed by atoms with Crippen LogP contribution in [0.25, 0.3) is 0 Å². The largest absolute Gasteiger partial charge is 0.396 e. The number of aromatic amines is 1. The molecule has 1 amide bonds. The molecule has 6 heteroatoms. The molecule has 142 valence electrons. The first-order valence-electron chi connectivity index (χ1n) is 9.83. The van der Waals surface area contributed by atoms with Crippen LogP contribution in [0.1, 0.15) is 46.6 Å². The minimum atomic E-state index is -0.257. The van der Waals surface area contributed by atoms with Crippen LogP contribution >= 0.6 is 0 Å². The number of ether oxygens (including phenoxy) is 1. The average molecular weight is 367 g/mol. The van der Waals surface area contributed by atoms with Crippen LogP contribution in [0.2, 0.25) is 0 Å². The Morgan fingerprint density at radius 3 is 3.00 bits per heavy atom. The number of H-pyrrole nitrogens is 1. The van der Waals surface area contributed by atoms with Crippen LogP contribution in [-0.2, 0) is 24.2 Å². The molecule has 0 saturated carbocycles. The molecule has 0 aliphatic carbocycles. The van der Waals surface area contributed by atoms with Gasteiger partial charge in [-0.3, -0.25) is 9.89 Å². The summed E-state index contributed by atoms with van der Waals surface area (Å²) in [6.45, 7) is 1.22. The Bertz CT molecular complexity index is 850. The molecule has 2 saturated heterocycles. The second-order valence-electron chi connectivity index (χ2n) is 8.18. The minimum Gasteiger partial charge on any atom is -0.396 e. The van der Waals surface area contributed by atoms with E-state index in [4.69, 9.17) is 4.74 Å². The summed E-state index contributed by atoms with van der Waals surface area (Å²) < 4.78 is 5.55. The number of nitrogens with one attached hydrogen (secondary N) is 1. The standard InChI is InChI=1S/C21H25N3O3/c25-13-21(10-14-4-2-1-3-5-14)11-15-6-7-18(21)24(15)20(26)19-16-12-27-9-8-17(16)22-23-19/h1-5,15,18,25H,6-13H2,(H,22,23)/t15-,18+,21-/m1/s1. The van der Waals surface area contributed by atoms with E-state index in [1.807, 2.05) is 23.1 Å². The number of benzene rings is 1. The Morgan fingerprint density at radius 1 is 1.33 bits per heavy atom. The zero-order valence-electron chi connectivity index (χ0n) is 15.4. The van der Waals surface area contributed by atoms with E-state index in [0.717, 1.165) is 43.4 Å². The van der Waals surface area contributed by atoms with Gasteiger partial charge in [0.2, 0.25) is 0 Å². The lowest BCUT2D eigenvalue weighted by molar-refractivity contribution is 0.0559. The van der Waals surface area contributed by atoms with E-state index in [1.54, 1.807) is 0 Å². The smallest absolute Gasteiger partial charge is 0.275 e. The van der Waals surface area contributed by atoms with Crippen molar-refractivity contribution in [1.82, 2.24) is 15.1 Å². The normalized spacial score (nSPS) is 29.1. The zero-order valence-corrected chi connectivity index (χ0v) is 15.4. The predicted molar refractivity (Wildman–Crippen MR) is 99.2 cm³/mol. The fourth-order valence-corrected chi connectivity index (χ4v) is 5.43. The third kappa shape index (κ3) is 2.62. The molecule has 0 radical (unpaired) electrons. The van der Waals surface area contributed by atoms with Crippen molar-refractivity contribution in [1.29, 1.82) is 0 Å². The number of fused-ring (bicyclic) bond motifs is 3. The first-order chi connectivity index (χ1) is 13.2. The van der Waals surface area contributed by atoms with Crippen molar-refractivity contribution in [3.8, 4) is 0 Å². The van der Waals surface area contributed by atoms with Crippen molar-refractivity contribution in [2.24, 2.45) is 5.41 Å². The number of aromatic nitrogens is 2. The summed E-state index contributed by atoms with van der Waals surface area (Å²) in [4.78, 5) is 15.4. The Kier molecular flexibility index (Phi) is 4.06. The lowest BCUT2D eigenvalue weighted by Gasteiger charge is -2.36. The van der Waals surface area contributed by atoms with E-state index < -0.39 is 0 Å². The van der Waals surface area contributed by atoms with Gasteiger partial charge in [-0.15, -0.1) is 0 Å². The van der Waals surface area contributed by atoms with E-state index >= 15 is 0 Å². The molecule has 2 aromatic rings. The predicted octanol–water partition coefficient (Wildman–Crippen LogP) is 2.08. The third-order valence-corrected chi connectivity index (χ3v) is 6.70. The number of carbonyl (C=O) groups excluding carboxylic acids is 1. The molecule has 2 bridgehead atoms. The molecule has 2 fully saturated rings. The van der Waals surface area contributed by atoms with Crippen molar-refractivity contribution in [2.45, 2.75) is 50.8 Å². The number of aliphatic hydroxyl groups excluding tert-OH is 1. The van der Waals surface area contributed by atoms with E-state index in [2.05, 4.69) is 22.3 Å². The van der Waals surface area contributed by atoms with Gasteiger partial charge in [0, 0.05) is 35.2 Å². The van der Waals surface area contributed by atoms with E-state index in [0.29, 0.717) is 18.9 Å². The van der Waals surface area contributed by atoms with Crippen LogP contribution in [-0.4, -0.2) is 51.4 Å². The van der Waals surface area contributed by atoms with Crippen molar-refractivity contribution < 1.29 is 14.6 Å². The number of amides is 1. The highest BCUT2D eigenvalue weighted by Crippen LogP contribution is 2.51. The molecule has 4 heterocycles. The summed E-state index contributed by atoms with van der Waals surface area (Å²) >= 11 is 0. The summed E-state index contributed by atoms with van der Waals surface area (Å²) in [6.07, 6.45) is 4.40. The first-order valence-corrected chi connectivity index (χ1v) is 9.83. The minimum absolute atomic E-state index is 0.00566. The number of hydrogen-bond acceptors (Lipinski definition) is 4. The molecule has 2 N–H and O–H groups in total. The number of aliphatic hydroxyl groups is 1. The maximum atomic E-state index is 13.4. The first kappa shape index (κ1) is 17.0. The maximum absolute atomic E-state index is 13.4. The lowest BCUT2D eigenvalue weighted by Crippen LogP contribution is -2.44. The summed E-state index contributed by atoms with van der Waals surface area (Å²) in [6, 6.07) is 10.6. The van der Waals surface area contributed by atoms with Crippen LogP contribution < -0.4 is 0 Å². The van der Waals surface area contributed by atoms with Crippen LogP contribution in [0.3, 0.4) is 0 Å². The van der Waals surface area contributed by atoms with Crippen LogP contribution in [0.4, 0.5) is 0 Å². The summed E-state index contributed by atoms with van der Waals surface area (Å²) in [5.41, 5.74) is 3.41. The molecule has 3 atom stereocenters. The van der Waals surface area contributed by atoms with Gasteiger partial charge in [-0.1, -0.05) is 30.3 Å². The molecule has 1 aromatic carbocycles. The summed E-state index contributed by atoms with van der Waals surface area (Å²) in [5, 5.41) is 17.7. The quantitative estimate of drug-likeness (QED) is 0.867. The van der Waals surface area contributed by atoms with Crippen LogP contribution in [0.15, 0.2) is 30.3 Å². The van der Waals surface area contributed by atoms with Crippen LogP contribution in [0, 0.1) is 5.41 Å². The molecule has 6 nitrogen and oxygen atoms in total. The van der Waals surface area contributed by atoms with E-state index in [-0.39, 0.29) is 30.0 Å². The van der Waals surface area contributed by atoms with Crippen molar-refractivity contribution in [3.63, 3.8) is 0 Å². The topological polar surface area (TPSA) is 78.5 Å². The van der Waals surface area contributed by atoms with Gasteiger partial charge in [0.05, 0.1) is 19.8 Å². The van der Waals surface area contributed by atoms with E-state index in [9.17, 15) is 9.90 Å². The van der Waals surface area contributed by atoms with Crippen molar-refractivity contribution in [3.05, 3.63) is 52.8 Å². The van der Waals surface area contributed by atoms with Crippen molar-refractivity contribution >= 4 is 5.91 Å². The van der Waals surface area contributed by atoms with Crippen molar-refractivity contribution in [2.75, 3.05) is 13.2 Å². The Balaban J connectivity index is 1.44. The zero-order chi connectivity index (χ0) is 18.4. The van der Waals surface area contributed by atoms with Gasteiger partial charge >= 0.3 is 0 Å². The Labute approximate surface area is 158 Å². The second-order valence-corrected chi connectivity index (χ2v) is 8.18. The highest BCUT2D eigenvalue weighted by molar-refractivity contribution is 5.95. The van der Waals surface area contributed by atoms with Gasteiger partial charge in [0.1, 0.15) is 0 Å². The average Bonchev–Trinajstić information content (AvgIpc) is 3.40. The molecule has 0 spiro atoms. The molecular weight excluding hydrogens is 342 g/mol. The number of rotatable bonds is 4. The molecule has 1 aromatic heterocycles. The SMILES string of the molecule is O=C(c1n[nH]c2c1COCC2)N1[C@@H]2CC[C@H]1[C@](CO)(Cc1ccccc1)C2. The highest BCUT2D eigenvalue weighted by atomic mass is 16.5. The lowest BCUT2D eigenvalue weighted by atomic mass is 9.70. The molecule has 0 unspecified atom stereocenters. The van der Waals surface area contributed by atoms with Gasteiger partial charge in [0.25, 0.3) is 5.91 Å². The summed E-state index contributed by atoms with van der Waals surface area (Å²) in [5.74, 6) is -0.00566. The molecule has 5 rings (SSSR count). The molecule has 3 aliphatic heterocycles. The Morgan fingerprint density at radius 2 is 2.19 bits per heavy atom. The Hall–Kier alpha value is -2.18. The van der Waals surface area contributed by atoms with Gasteiger partial charge in [-0.25, -0.2) is 0 Å². The molecule has 27 heavy (non-hydrogen) atoms. The molecular formula is C21H25N3O3. The van der Waals surface area contributed by atoms with Gasteiger partial charge < -0.3 is 14.7 Å². The highest BCUT2D eigenvalue weighted by Gasteiger charge is 2.57. The number of hydrogen-bond donors (Lipinski definition) is 2. The second kappa shape index (κ2) is 6.46. The third-order valence-electron chi connectivity index (χ3n) is 6.70. The molecule has 3 aliphatic rings. The number of nitrogens with zero attached hydrogens (tertiary/aromatic N) is 2. The van der Waals surface area contributed by atoms with Gasteiger partial charge in [0.15, 0.2) is 5.69 Å². The fraction of sp³-hybridized carbons (Fsp3) is 0.524. The van der Waals surface area contributed by atoms with Crippen LogP contribution in [0.5, 0.6) is 0 Å². The fourth-order valence-electron chi connectivity index (χ4n) is 5.43. The number of carbonyl (C=O) groups is 1. The van der Waals surface area contributed by atoms with E-state index in [1.165, 1.54) is 5.56 Å².